The van der Waals surface area contributed by atoms with Gasteiger partial charge in [0.1, 0.15) is 0 Å². The van der Waals surface area contributed by atoms with Crippen LogP contribution in [-0.4, -0.2) is 48.5 Å². The van der Waals surface area contributed by atoms with Crippen LogP contribution in [0.2, 0.25) is 0 Å². The van der Waals surface area contributed by atoms with Crippen LogP contribution >= 0.6 is 11.8 Å². The first-order valence-electron chi connectivity index (χ1n) is 6.34. The fourth-order valence-corrected chi connectivity index (χ4v) is 2.55. The third-order valence-corrected chi connectivity index (χ3v) is 4.86. The molecule has 1 fully saturated rings. The van der Waals surface area contributed by atoms with Crippen LogP contribution < -0.4 is 5.32 Å². The molecule has 1 heterocycles. The smallest absolute Gasteiger partial charge is 0.194 e. The fourth-order valence-electron chi connectivity index (χ4n) is 2.11. The molecule has 0 aromatic rings. The van der Waals surface area contributed by atoms with Crippen LogP contribution in [0.3, 0.4) is 0 Å². The molecule has 0 spiro atoms. The molecule has 1 N–H and O–H groups in total. The number of hydrogen-bond acceptors (Lipinski definition) is 2. The number of nitrogens with zero attached hydrogens (tertiary/aromatic N) is 2. The summed E-state index contributed by atoms with van der Waals surface area (Å²) >= 11 is 1.90. The van der Waals surface area contributed by atoms with Gasteiger partial charge in [-0.25, -0.2) is 0 Å². The van der Waals surface area contributed by atoms with E-state index in [0.29, 0.717) is 5.41 Å². The molecule has 0 unspecified atom stereocenters. The second-order valence-corrected chi connectivity index (χ2v) is 6.83. The van der Waals surface area contributed by atoms with Gasteiger partial charge >= 0.3 is 0 Å². The number of nitrogens with one attached hydrogen (secondary N) is 1. The number of likely N-dealkylation sites (tertiary alicyclic amines) is 1. The summed E-state index contributed by atoms with van der Waals surface area (Å²) < 4.78 is 0. The second kappa shape index (κ2) is 5.51. The predicted molar refractivity (Wildman–Crippen MR) is 78.9 cm³/mol. The average Bonchev–Trinajstić information content (AvgIpc) is 2.27. The third kappa shape index (κ3) is 2.90. The van der Waals surface area contributed by atoms with Gasteiger partial charge in [-0.1, -0.05) is 13.8 Å². The van der Waals surface area contributed by atoms with E-state index in [-0.39, 0.29) is 5.54 Å². The Morgan fingerprint density at radius 1 is 1.35 bits per heavy atom. The van der Waals surface area contributed by atoms with Crippen LogP contribution in [0.15, 0.2) is 4.99 Å². The van der Waals surface area contributed by atoms with Crippen molar-refractivity contribution >= 4 is 17.7 Å². The van der Waals surface area contributed by atoms with E-state index in [1.54, 1.807) is 0 Å². The maximum atomic E-state index is 4.39. The van der Waals surface area contributed by atoms with E-state index in [1.165, 1.54) is 12.2 Å². The highest BCUT2D eigenvalue weighted by atomic mass is 32.2. The average molecular weight is 257 g/mol. The summed E-state index contributed by atoms with van der Waals surface area (Å²) in [6, 6.07) is 0. The van der Waals surface area contributed by atoms with Crippen molar-refractivity contribution in [2.75, 3.05) is 32.1 Å². The van der Waals surface area contributed by atoms with Crippen molar-refractivity contribution in [2.45, 2.75) is 39.7 Å². The Hall–Kier alpha value is -0.380. The van der Waals surface area contributed by atoms with Gasteiger partial charge in [0.2, 0.25) is 0 Å². The maximum absolute atomic E-state index is 4.39. The minimum absolute atomic E-state index is 0.189. The molecule has 4 heteroatoms. The van der Waals surface area contributed by atoms with Gasteiger partial charge in [-0.2, -0.15) is 11.8 Å². The van der Waals surface area contributed by atoms with Crippen LogP contribution in [0, 0.1) is 5.41 Å². The Morgan fingerprint density at radius 2 is 2.00 bits per heavy atom. The van der Waals surface area contributed by atoms with Gasteiger partial charge in [-0.3, -0.25) is 4.99 Å². The van der Waals surface area contributed by atoms with Crippen molar-refractivity contribution in [1.29, 1.82) is 0 Å². The van der Waals surface area contributed by atoms with Crippen molar-refractivity contribution in [2.24, 2.45) is 10.4 Å². The molecule has 100 valence electrons. The molecule has 1 rings (SSSR count). The van der Waals surface area contributed by atoms with Gasteiger partial charge in [0, 0.05) is 31.1 Å². The summed E-state index contributed by atoms with van der Waals surface area (Å²) in [4.78, 5) is 6.77. The molecule has 0 aliphatic carbocycles. The predicted octanol–water partition coefficient (Wildman–Crippen LogP) is 2.44. The Balaban J connectivity index is 2.49. The topological polar surface area (TPSA) is 27.6 Å². The first-order valence-corrected chi connectivity index (χ1v) is 7.73. The van der Waals surface area contributed by atoms with Crippen LogP contribution in [-0.2, 0) is 0 Å². The highest BCUT2D eigenvalue weighted by Crippen LogP contribution is 2.46. The highest BCUT2D eigenvalue weighted by molar-refractivity contribution is 7.98. The van der Waals surface area contributed by atoms with Gasteiger partial charge in [-0.05, 0) is 32.3 Å². The molecule has 1 saturated heterocycles. The Labute approximate surface area is 110 Å². The van der Waals surface area contributed by atoms with Gasteiger partial charge in [0.05, 0.1) is 0 Å². The summed E-state index contributed by atoms with van der Waals surface area (Å²) in [5.41, 5.74) is 0.554. The lowest BCUT2D eigenvalue weighted by Crippen LogP contribution is -2.72. The molecular formula is C13H27N3S. The molecule has 17 heavy (non-hydrogen) atoms. The first-order chi connectivity index (χ1) is 7.86. The lowest BCUT2D eigenvalue weighted by molar-refractivity contribution is -0.0666. The normalized spacial score (nSPS) is 22.2. The van der Waals surface area contributed by atoms with Crippen molar-refractivity contribution < 1.29 is 0 Å². The Kier molecular flexibility index (Phi) is 4.76. The van der Waals surface area contributed by atoms with Gasteiger partial charge in [0.15, 0.2) is 5.96 Å². The minimum atomic E-state index is 0.189. The summed E-state index contributed by atoms with van der Waals surface area (Å²) in [7, 11) is 1.87. The zero-order chi connectivity index (χ0) is 13.1. The zero-order valence-electron chi connectivity index (χ0n) is 12.1. The monoisotopic (exact) mass is 257 g/mol. The second-order valence-electron chi connectivity index (χ2n) is 5.85. The van der Waals surface area contributed by atoms with E-state index in [1.807, 2.05) is 18.8 Å². The number of rotatable bonds is 4. The van der Waals surface area contributed by atoms with Gasteiger partial charge < -0.3 is 10.2 Å². The van der Waals surface area contributed by atoms with Gasteiger partial charge in [0.25, 0.3) is 0 Å². The number of aliphatic imine (C=N–C) groups is 1. The molecule has 0 bridgehead atoms. The SMILES string of the molecule is CN=C(NCCCSC)N1CC(C)(C)C1(C)C. The summed E-state index contributed by atoms with van der Waals surface area (Å²) in [5.74, 6) is 2.26. The lowest BCUT2D eigenvalue weighted by atomic mass is 9.65. The lowest BCUT2D eigenvalue weighted by Gasteiger charge is -2.62. The fraction of sp³-hybridized carbons (Fsp3) is 0.923. The molecular weight excluding hydrogens is 230 g/mol. The molecule has 0 atom stereocenters. The molecule has 1 aliphatic heterocycles. The van der Waals surface area contributed by atoms with E-state index in [2.05, 4.69) is 49.2 Å². The van der Waals surface area contributed by atoms with E-state index in [9.17, 15) is 0 Å². The third-order valence-electron chi connectivity index (χ3n) is 4.16. The molecule has 3 nitrogen and oxygen atoms in total. The van der Waals surface area contributed by atoms with Crippen LogP contribution in [0.1, 0.15) is 34.1 Å². The quantitative estimate of drug-likeness (QED) is 0.476. The first kappa shape index (κ1) is 14.7. The zero-order valence-corrected chi connectivity index (χ0v) is 12.9. The summed E-state index contributed by atoms with van der Waals surface area (Å²) in [6.45, 7) is 11.3. The summed E-state index contributed by atoms with van der Waals surface area (Å²) in [5, 5.41) is 3.46. The van der Waals surface area contributed by atoms with Crippen molar-refractivity contribution in [3.63, 3.8) is 0 Å². The number of hydrogen-bond donors (Lipinski definition) is 1. The number of thioether (sulfide) groups is 1. The highest BCUT2D eigenvalue weighted by Gasteiger charge is 2.53. The van der Waals surface area contributed by atoms with Crippen molar-refractivity contribution in [3.05, 3.63) is 0 Å². The standard InChI is InChI=1S/C13H27N3S/c1-12(2)10-16(13(12,3)4)11(14-5)15-8-7-9-17-6/h7-10H2,1-6H3,(H,14,15). The largest absolute Gasteiger partial charge is 0.356 e. The Bertz CT molecular complexity index is 284. The molecule has 0 amide bonds. The summed E-state index contributed by atoms with van der Waals surface area (Å²) in [6.07, 6.45) is 3.34. The minimum Gasteiger partial charge on any atom is -0.356 e. The molecule has 0 radical (unpaired) electrons. The maximum Gasteiger partial charge on any atom is 0.194 e. The molecule has 0 aromatic heterocycles. The van der Waals surface area contributed by atoms with Crippen LogP contribution in [0.25, 0.3) is 0 Å². The Morgan fingerprint density at radius 3 is 2.41 bits per heavy atom. The van der Waals surface area contributed by atoms with E-state index in [4.69, 9.17) is 0 Å². The van der Waals surface area contributed by atoms with Crippen LogP contribution in [0.5, 0.6) is 0 Å². The molecule has 0 saturated carbocycles. The number of guanidine groups is 1. The van der Waals surface area contributed by atoms with Crippen molar-refractivity contribution in [1.82, 2.24) is 10.2 Å². The van der Waals surface area contributed by atoms with E-state index < -0.39 is 0 Å². The van der Waals surface area contributed by atoms with Crippen LogP contribution in [0.4, 0.5) is 0 Å². The molecule has 1 aliphatic rings. The van der Waals surface area contributed by atoms with E-state index >= 15 is 0 Å². The van der Waals surface area contributed by atoms with E-state index in [0.717, 1.165) is 19.0 Å². The van der Waals surface area contributed by atoms with Crippen molar-refractivity contribution in [3.8, 4) is 0 Å². The molecule has 0 aromatic carbocycles. The van der Waals surface area contributed by atoms with Gasteiger partial charge in [-0.15, -0.1) is 0 Å².